The topological polar surface area (TPSA) is 130 Å². The highest BCUT2D eigenvalue weighted by molar-refractivity contribution is 7.18. The number of aromatic nitrogens is 3. The van der Waals surface area contributed by atoms with Gasteiger partial charge in [-0.05, 0) is 85.8 Å². The van der Waals surface area contributed by atoms with Crippen LogP contribution in [0, 0.1) is 12.3 Å². The number of nitrogens with zero attached hydrogens (tertiary/aromatic N) is 5. The van der Waals surface area contributed by atoms with Crippen molar-refractivity contribution >= 4 is 62.7 Å². The lowest BCUT2D eigenvalue weighted by molar-refractivity contribution is -0.000511. The molecule has 4 aromatic heterocycles. The molecule has 1 spiro atoms. The van der Waals surface area contributed by atoms with Crippen molar-refractivity contribution < 1.29 is 19.1 Å². The van der Waals surface area contributed by atoms with Crippen LogP contribution in [0.4, 0.5) is 22.3 Å². The molecule has 7 heterocycles. The predicted molar refractivity (Wildman–Crippen MR) is 191 cm³/mol. The Bertz CT molecular complexity index is 2050. The Balaban J connectivity index is 0.976. The van der Waals surface area contributed by atoms with Crippen LogP contribution in [0.2, 0.25) is 0 Å². The third-order valence-electron chi connectivity index (χ3n) is 9.37. The monoisotopic (exact) mass is 691 g/mol. The van der Waals surface area contributed by atoms with E-state index < -0.39 is 0 Å². The zero-order chi connectivity index (χ0) is 33.5. The van der Waals surface area contributed by atoms with Crippen LogP contribution < -0.4 is 20.4 Å². The van der Waals surface area contributed by atoms with Crippen molar-refractivity contribution in [1.29, 1.82) is 0 Å². The largest absolute Gasteiger partial charge is 0.381 e. The summed E-state index contributed by atoms with van der Waals surface area (Å²) in [6.07, 6.45) is 7.77. The maximum absolute atomic E-state index is 13.9. The van der Waals surface area contributed by atoms with Crippen LogP contribution in [0.15, 0.2) is 72.5 Å². The molecule has 3 amide bonds. The van der Waals surface area contributed by atoms with Gasteiger partial charge in [0.1, 0.15) is 11.5 Å². The molecule has 8 rings (SSSR count). The third kappa shape index (κ3) is 6.09. The molecule has 1 aromatic carbocycles. The van der Waals surface area contributed by atoms with Crippen molar-refractivity contribution in [2.24, 2.45) is 5.41 Å². The maximum Gasteiger partial charge on any atom is 0.267 e. The number of hydrogen-bond donors (Lipinski definition) is 2. The number of hydrogen-bond acceptors (Lipinski definition) is 10. The molecule has 2 N–H and O–H groups in total. The molecule has 3 aliphatic rings. The van der Waals surface area contributed by atoms with Gasteiger partial charge in [0, 0.05) is 73.5 Å². The van der Waals surface area contributed by atoms with Crippen molar-refractivity contribution in [2.75, 3.05) is 53.3 Å². The molecule has 2 fully saturated rings. The second kappa shape index (κ2) is 12.8. The number of carbonyl (C=O) groups is 3. The molecule has 2 saturated heterocycles. The number of pyridine rings is 2. The normalized spacial score (nSPS) is 16.3. The Kier molecular flexibility index (Phi) is 8.18. The highest BCUT2D eigenvalue weighted by Gasteiger charge is 2.45. The van der Waals surface area contributed by atoms with E-state index in [0.717, 1.165) is 55.1 Å². The zero-order valence-corrected chi connectivity index (χ0v) is 28.4. The average molecular weight is 692 g/mol. The van der Waals surface area contributed by atoms with Gasteiger partial charge in [0.05, 0.1) is 21.0 Å². The number of aryl methyl sites for hydroxylation is 1. The molecule has 0 bridgehead atoms. The van der Waals surface area contributed by atoms with Crippen molar-refractivity contribution in [3.8, 4) is 10.6 Å². The van der Waals surface area contributed by atoms with Gasteiger partial charge in [0.25, 0.3) is 17.7 Å². The number of amides is 3. The van der Waals surface area contributed by atoms with Crippen LogP contribution in [0.25, 0.3) is 10.6 Å². The molecule has 11 nitrogen and oxygen atoms in total. The van der Waals surface area contributed by atoms with Gasteiger partial charge in [-0.25, -0.2) is 9.97 Å². The molecule has 49 heavy (non-hydrogen) atoms. The fraction of sp³-hybridized carbons (Fsp3) is 0.278. The molecular weight excluding hydrogens is 659 g/mol. The van der Waals surface area contributed by atoms with Gasteiger partial charge < -0.3 is 19.9 Å². The first-order valence-electron chi connectivity index (χ1n) is 16.2. The lowest BCUT2D eigenvalue weighted by atomic mass is 9.73. The molecule has 0 radical (unpaired) electrons. The van der Waals surface area contributed by atoms with E-state index in [1.807, 2.05) is 36.6 Å². The van der Waals surface area contributed by atoms with Gasteiger partial charge >= 0.3 is 0 Å². The summed E-state index contributed by atoms with van der Waals surface area (Å²) in [5.41, 5.74) is 5.08. The number of thiazole rings is 1. The maximum atomic E-state index is 13.9. The summed E-state index contributed by atoms with van der Waals surface area (Å²) < 4.78 is 5.56. The van der Waals surface area contributed by atoms with Gasteiger partial charge in [0.2, 0.25) is 0 Å². The Morgan fingerprint density at radius 3 is 2.53 bits per heavy atom. The van der Waals surface area contributed by atoms with Gasteiger partial charge in [-0.2, -0.15) is 0 Å². The summed E-state index contributed by atoms with van der Waals surface area (Å²) >= 11 is 2.72. The Labute approximate surface area is 291 Å². The number of anilines is 4. The number of carbonyl (C=O) groups excluding carboxylic acids is 3. The lowest BCUT2D eigenvalue weighted by Crippen LogP contribution is -2.59. The summed E-state index contributed by atoms with van der Waals surface area (Å²) in [4.78, 5) is 59.3. The average Bonchev–Trinajstić information content (AvgIpc) is 3.75. The molecule has 0 aliphatic carbocycles. The van der Waals surface area contributed by atoms with E-state index in [4.69, 9.17) is 4.74 Å². The van der Waals surface area contributed by atoms with E-state index in [1.165, 1.54) is 22.7 Å². The molecule has 5 aromatic rings. The van der Waals surface area contributed by atoms with Crippen LogP contribution in [0.1, 0.15) is 54.4 Å². The summed E-state index contributed by atoms with van der Waals surface area (Å²) in [7, 11) is 0. The van der Waals surface area contributed by atoms with Crippen LogP contribution in [-0.4, -0.2) is 65.5 Å². The van der Waals surface area contributed by atoms with Gasteiger partial charge in [-0.3, -0.25) is 24.7 Å². The first kappa shape index (κ1) is 31.3. The number of fused-ring (bicyclic) bond motifs is 3. The highest BCUT2D eigenvalue weighted by atomic mass is 32.1. The van der Waals surface area contributed by atoms with Gasteiger partial charge in [0.15, 0.2) is 5.13 Å². The second-order valence-corrected chi connectivity index (χ2v) is 14.7. The van der Waals surface area contributed by atoms with E-state index >= 15 is 0 Å². The molecular formula is C36H33N7O4S2. The van der Waals surface area contributed by atoms with Crippen LogP contribution in [0.5, 0.6) is 0 Å². The second-order valence-electron chi connectivity index (χ2n) is 12.7. The minimum Gasteiger partial charge on any atom is -0.381 e. The molecule has 13 heteroatoms. The fourth-order valence-electron chi connectivity index (χ4n) is 6.79. The molecule has 0 unspecified atom stereocenters. The van der Waals surface area contributed by atoms with E-state index in [-0.39, 0.29) is 23.1 Å². The van der Waals surface area contributed by atoms with E-state index in [2.05, 4.69) is 30.5 Å². The van der Waals surface area contributed by atoms with Crippen molar-refractivity contribution in [3.63, 3.8) is 0 Å². The standard InChI is InChI=1S/C36H33N7O4S2/c1-22-17-26(31(39-19-22)42-20-36(21-42)9-14-47-15-10-36)32(44)40-25-6-4-23(5-7-25)34(46)43-13-8-24-18-28(33(45)41-35-38-12-16-48-35)49-30(24)29-27(43)3-2-11-37-29/h2-7,11-12,16-19H,8-10,13-15,20-21H2,1H3,(H,40,44)(H,38,41,45). The molecule has 248 valence electrons. The van der Waals surface area contributed by atoms with E-state index in [9.17, 15) is 14.4 Å². The quantitative estimate of drug-likeness (QED) is 0.213. The summed E-state index contributed by atoms with van der Waals surface area (Å²) in [5.74, 6) is 0.0660. The summed E-state index contributed by atoms with van der Waals surface area (Å²) in [5, 5.41) is 8.21. The SMILES string of the molecule is Cc1cnc(N2CC3(CCOCC3)C2)c(C(=O)Nc2ccc(C(=O)N3CCc4cc(C(=O)Nc5nccs5)sc4-c4ncccc43)cc2)c1. The Hall–Kier alpha value is -4.98. The Morgan fingerprint density at radius 1 is 0.939 bits per heavy atom. The zero-order valence-electron chi connectivity index (χ0n) is 26.8. The number of rotatable bonds is 6. The fourth-order valence-corrected chi connectivity index (χ4v) is 8.42. The van der Waals surface area contributed by atoms with Crippen molar-refractivity contribution in [2.45, 2.75) is 26.2 Å². The van der Waals surface area contributed by atoms with Gasteiger partial charge in [-0.1, -0.05) is 0 Å². The Morgan fingerprint density at radius 2 is 1.76 bits per heavy atom. The minimum atomic E-state index is -0.239. The van der Waals surface area contributed by atoms with Crippen molar-refractivity contribution in [1.82, 2.24) is 15.0 Å². The summed E-state index contributed by atoms with van der Waals surface area (Å²) in [6, 6.07) is 14.4. The van der Waals surface area contributed by atoms with E-state index in [1.54, 1.807) is 47.8 Å². The first-order valence-corrected chi connectivity index (χ1v) is 17.9. The summed E-state index contributed by atoms with van der Waals surface area (Å²) in [6.45, 7) is 5.66. The van der Waals surface area contributed by atoms with Gasteiger partial charge in [-0.15, -0.1) is 22.7 Å². The van der Waals surface area contributed by atoms with Crippen LogP contribution in [-0.2, 0) is 11.2 Å². The number of benzene rings is 1. The molecule has 0 saturated carbocycles. The molecule has 3 aliphatic heterocycles. The van der Waals surface area contributed by atoms with Crippen LogP contribution in [0.3, 0.4) is 0 Å². The third-order valence-corrected chi connectivity index (χ3v) is 11.2. The van der Waals surface area contributed by atoms with E-state index in [0.29, 0.717) is 57.0 Å². The number of thiophene rings is 1. The number of ether oxygens (including phenoxy) is 1. The first-order chi connectivity index (χ1) is 23.9. The smallest absolute Gasteiger partial charge is 0.267 e. The minimum absolute atomic E-state index is 0.172. The molecule has 0 atom stereocenters. The highest BCUT2D eigenvalue weighted by Crippen LogP contribution is 2.43. The lowest BCUT2D eigenvalue weighted by Gasteiger charge is -2.53. The predicted octanol–water partition coefficient (Wildman–Crippen LogP) is 6.29. The van der Waals surface area contributed by atoms with Crippen molar-refractivity contribution in [3.05, 3.63) is 99.6 Å². The number of nitrogens with one attached hydrogen (secondary N) is 2. The van der Waals surface area contributed by atoms with Crippen LogP contribution >= 0.6 is 22.7 Å².